The van der Waals surface area contributed by atoms with E-state index in [4.69, 9.17) is 4.74 Å². The third kappa shape index (κ3) is 2.48. The van der Waals surface area contributed by atoms with E-state index in [0.717, 1.165) is 19.0 Å². The van der Waals surface area contributed by atoms with Gasteiger partial charge in [0.05, 0.1) is 13.2 Å². The number of rotatable bonds is 5. The van der Waals surface area contributed by atoms with Gasteiger partial charge in [-0.1, -0.05) is 6.07 Å². The van der Waals surface area contributed by atoms with E-state index in [1.807, 2.05) is 0 Å². The van der Waals surface area contributed by atoms with Gasteiger partial charge in [0.2, 0.25) is 0 Å². The van der Waals surface area contributed by atoms with Gasteiger partial charge in [-0.2, -0.15) is 12.6 Å². The van der Waals surface area contributed by atoms with E-state index >= 15 is 0 Å². The summed E-state index contributed by atoms with van der Waals surface area (Å²) in [5, 5.41) is 2.09. The molecule has 1 fully saturated rings. The zero-order chi connectivity index (χ0) is 9.15. The summed E-state index contributed by atoms with van der Waals surface area (Å²) in [4.78, 5) is 1.31. The molecule has 1 aromatic rings. The van der Waals surface area contributed by atoms with Crippen molar-refractivity contribution in [3.63, 3.8) is 0 Å². The number of thiophene rings is 1. The second kappa shape index (κ2) is 4.03. The molecule has 1 heterocycles. The molecule has 0 saturated heterocycles. The van der Waals surface area contributed by atoms with E-state index in [1.54, 1.807) is 11.3 Å². The Morgan fingerprint density at radius 3 is 2.92 bits per heavy atom. The molecular formula is C10H14OS2. The van der Waals surface area contributed by atoms with Gasteiger partial charge in [-0.3, -0.25) is 0 Å². The molecule has 0 bridgehead atoms. The van der Waals surface area contributed by atoms with Crippen LogP contribution in [0.1, 0.15) is 17.7 Å². The van der Waals surface area contributed by atoms with E-state index < -0.39 is 0 Å². The van der Waals surface area contributed by atoms with Crippen molar-refractivity contribution in [1.29, 1.82) is 0 Å². The Balaban J connectivity index is 1.70. The van der Waals surface area contributed by atoms with Crippen LogP contribution < -0.4 is 0 Å². The number of hydrogen-bond acceptors (Lipinski definition) is 3. The number of hydrogen-bond donors (Lipinski definition) is 1. The van der Waals surface area contributed by atoms with Crippen LogP contribution in [0.2, 0.25) is 0 Å². The van der Waals surface area contributed by atoms with Crippen LogP contribution in [0.15, 0.2) is 17.5 Å². The Kier molecular flexibility index (Phi) is 2.96. The fraction of sp³-hybridized carbons (Fsp3) is 0.600. The van der Waals surface area contributed by atoms with E-state index in [-0.39, 0.29) is 0 Å². The second-order valence-corrected chi connectivity index (χ2v) is 5.08. The Morgan fingerprint density at radius 2 is 2.38 bits per heavy atom. The van der Waals surface area contributed by atoms with Crippen molar-refractivity contribution < 1.29 is 4.74 Å². The summed E-state index contributed by atoms with van der Waals surface area (Å²) < 4.78 is 5.66. The van der Waals surface area contributed by atoms with Crippen LogP contribution in [-0.4, -0.2) is 12.4 Å². The van der Waals surface area contributed by atoms with E-state index in [2.05, 4.69) is 30.1 Å². The maximum absolute atomic E-state index is 5.66. The van der Waals surface area contributed by atoms with Gasteiger partial charge >= 0.3 is 0 Å². The van der Waals surface area contributed by atoms with Gasteiger partial charge in [0.25, 0.3) is 0 Å². The summed E-state index contributed by atoms with van der Waals surface area (Å²) in [5.41, 5.74) is 0.431. The van der Waals surface area contributed by atoms with E-state index in [9.17, 15) is 0 Å². The zero-order valence-corrected chi connectivity index (χ0v) is 9.24. The molecule has 0 atom stereocenters. The second-order valence-electron chi connectivity index (χ2n) is 3.73. The minimum atomic E-state index is 0.431. The molecule has 13 heavy (non-hydrogen) atoms. The lowest BCUT2D eigenvalue weighted by Crippen LogP contribution is -2.11. The molecule has 0 aromatic carbocycles. The van der Waals surface area contributed by atoms with E-state index in [1.165, 1.54) is 17.7 Å². The average Bonchev–Trinajstić information content (AvgIpc) is 2.74. The molecule has 0 radical (unpaired) electrons. The van der Waals surface area contributed by atoms with Gasteiger partial charge in [-0.05, 0) is 30.0 Å². The molecule has 2 rings (SSSR count). The molecule has 1 saturated carbocycles. The van der Waals surface area contributed by atoms with Gasteiger partial charge in [0.15, 0.2) is 0 Å². The normalized spacial score (nSPS) is 18.8. The average molecular weight is 214 g/mol. The summed E-state index contributed by atoms with van der Waals surface area (Å²) in [7, 11) is 0. The summed E-state index contributed by atoms with van der Waals surface area (Å²) in [6, 6.07) is 4.18. The highest BCUT2D eigenvalue weighted by Gasteiger charge is 2.41. The highest BCUT2D eigenvalue weighted by atomic mass is 32.1. The predicted octanol–water partition coefficient (Wildman–Crippen LogP) is 2.97. The van der Waals surface area contributed by atoms with Gasteiger partial charge in [-0.25, -0.2) is 0 Å². The Bertz CT molecular complexity index is 252. The van der Waals surface area contributed by atoms with Crippen LogP contribution >= 0.6 is 24.0 Å². The van der Waals surface area contributed by atoms with Gasteiger partial charge in [-0.15, -0.1) is 11.3 Å². The highest BCUT2D eigenvalue weighted by molar-refractivity contribution is 7.80. The summed E-state index contributed by atoms with van der Waals surface area (Å²) >= 11 is 6.09. The predicted molar refractivity (Wildman–Crippen MR) is 59.5 cm³/mol. The van der Waals surface area contributed by atoms with Crippen LogP contribution in [0.5, 0.6) is 0 Å². The van der Waals surface area contributed by atoms with Gasteiger partial charge < -0.3 is 4.74 Å². The van der Waals surface area contributed by atoms with Crippen molar-refractivity contribution in [3.05, 3.63) is 22.4 Å². The van der Waals surface area contributed by atoms with Crippen LogP contribution in [-0.2, 0) is 11.3 Å². The molecular weight excluding hydrogens is 200 g/mol. The highest BCUT2D eigenvalue weighted by Crippen LogP contribution is 2.46. The lowest BCUT2D eigenvalue weighted by molar-refractivity contribution is 0.0875. The topological polar surface area (TPSA) is 9.23 Å². The monoisotopic (exact) mass is 214 g/mol. The summed E-state index contributed by atoms with van der Waals surface area (Å²) in [5.74, 6) is 0.970. The number of ether oxygens (including phenoxy) is 1. The molecule has 3 heteroatoms. The Morgan fingerprint density at radius 1 is 1.54 bits per heavy atom. The first-order valence-corrected chi connectivity index (χ1v) is 6.07. The quantitative estimate of drug-likeness (QED) is 0.741. The van der Waals surface area contributed by atoms with Crippen molar-refractivity contribution in [2.24, 2.45) is 5.41 Å². The Labute approximate surface area is 88.5 Å². The first-order valence-electron chi connectivity index (χ1n) is 4.56. The SMILES string of the molecule is SCC1(COCc2cccs2)CC1. The summed E-state index contributed by atoms with van der Waals surface area (Å²) in [6.07, 6.45) is 2.59. The minimum absolute atomic E-state index is 0.431. The molecule has 1 aliphatic rings. The number of thiol groups is 1. The lowest BCUT2D eigenvalue weighted by Gasteiger charge is -2.11. The third-order valence-electron chi connectivity index (χ3n) is 2.53. The first kappa shape index (κ1) is 9.56. The van der Waals surface area contributed by atoms with Gasteiger partial charge in [0.1, 0.15) is 0 Å². The molecule has 0 N–H and O–H groups in total. The maximum atomic E-state index is 5.66. The minimum Gasteiger partial charge on any atom is -0.375 e. The van der Waals surface area contributed by atoms with Crippen LogP contribution in [0.3, 0.4) is 0 Å². The first-order chi connectivity index (χ1) is 6.35. The molecule has 1 aromatic heterocycles. The van der Waals surface area contributed by atoms with Gasteiger partial charge in [0, 0.05) is 10.3 Å². The standard InChI is InChI=1S/C10H14OS2/c12-8-10(3-4-10)7-11-6-9-2-1-5-13-9/h1-2,5,12H,3-4,6-8H2. The van der Waals surface area contributed by atoms with Crippen molar-refractivity contribution >= 4 is 24.0 Å². The van der Waals surface area contributed by atoms with Crippen molar-refractivity contribution in [3.8, 4) is 0 Å². The lowest BCUT2D eigenvalue weighted by atomic mass is 10.2. The van der Waals surface area contributed by atoms with Crippen LogP contribution in [0.4, 0.5) is 0 Å². The third-order valence-corrected chi connectivity index (χ3v) is 4.05. The largest absolute Gasteiger partial charge is 0.375 e. The molecule has 1 nitrogen and oxygen atoms in total. The maximum Gasteiger partial charge on any atom is 0.0809 e. The van der Waals surface area contributed by atoms with Crippen LogP contribution in [0.25, 0.3) is 0 Å². The van der Waals surface area contributed by atoms with Crippen LogP contribution in [0, 0.1) is 5.41 Å². The summed E-state index contributed by atoms with van der Waals surface area (Å²) in [6.45, 7) is 1.65. The Hall–Kier alpha value is 0.01000. The molecule has 0 unspecified atom stereocenters. The molecule has 0 amide bonds. The van der Waals surface area contributed by atoms with Crippen molar-refractivity contribution in [1.82, 2.24) is 0 Å². The fourth-order valence-corrected chi connectivity index (χ4v) is 2.34. The molecule has 0 aliphatic heterocycles. The zero-order valence-electron chi connectivity index (χ0n) is 7.53. The molecule has 0 spiro atoms. The fourth-order valence-electron chi connectivity index (χ4n) is 1.29. The van der Waals surface area contributed by atoms with Crippen molar-refractivity contribution in [2.75, 3.05) is 12.4 Å². The molecule has 72 valence electrons. The van der Waals surface area contributed by atoms with E-state index in [0.29, 0.717) is 5.41 Å². The van der Waals surface area contributed by atoms with Crippen molar-refractivity contribution in [2.45, 2.75) is 19.4 Å². The smallest absolute Gasteiger partial charge is 0.0809 e. The molecule has 1 aliphatic carbocycles.